The van der Waals surface area contributed by atoms with E-state index in [0.29, 0.717) is 18.4 Å². The summed E-state index contributed by atoms with van der Waals surface area (Å²) in [7, 11) is 1.73. The number of nitrogens with zero attached hydrogens (tertiary/aromatic N) is 2. The second kappa shape index (κ2) is 9.00. The first-order valence-electron chi connectivity index (χ1n) is 9.26. The van der Waals surface area contributed by atoms with Gasteiger partial charge in [0.15, 0.2) is 0 Å². The molecule has 2 aliphatic rings. The Hall–Kier alpha value is -0.650. The zero-order chi connectivity index (χ0) is 16.7. The first-order chi connectivity index (χ1) is 11.1. The number of likely N-dealkylation sites (tertiary alicyclic amines) is 2. The minimum Gasteiger partial charge on any atom is -0.396 e. The molecule has 0 aromatic heterocycles. The van der Waals surface area contributed by atoms with E-state index in [9.17, 15) is 9.90 Å². The van der Waals surface area contributed by atoms with Gasteiger partial charge in [-0.05, 0) is 45.1 Å². The average molecular weight is 326 g/mol. The SMILES string of the molecule is CCCC(=O)N1CCC(N2CCC[C@](CO)(CCOC)C2)CC1. The molecule has 0 bridgehead atoms. The fourth-order valence-electron chi connectivity index (χ4n) is 4.14. The second-order valence-corrected chi connectivity index (χ2v) is 7.34. The molecule has 2 heterocycles. The summed E-state index contributed by atoms with van der Waals surface area (Å²) in [4.78, 5) is 16.6. The second-order valence-electron chi connectivity index (χ2n) is 7.34. The fourth-order valence-corrected chi connectivity index (χ4v) is 4.14. The van der Waals surface area contributed by atoms with Crippen LogP contribution in [0.2, 0.25) is 0 Å². The van der Waals surface area contributed by atoms with Crippen molar-refractivity contribution in [2.45, 2.75) is 57.9 Å². The molecule has 0 spiro atoms. The van der Waals surface area contributed by atoms with Gasteiger partial charge in [-0.1, -0.05) is 6.92 Å². The maximum absolute atomic E-state index is 12.0. The molecule has 2 fully saturated rings. The van der Waals surface area contributed by atoms with Gasteiger partial charge in [0, 0.05) is 51.2 Å². The Morgan fingerprint density at radius 2 is 2.04 bits per heavy atom. The molecule has 5 heteroatoms. The lowest BCUT2D eigenvalue weighted by atomic mass is 9.77. The smallest absolute Gasteiger partial charge is 0.222 e. The molecule has 134 valence electrons. The van der Waals surface area contributed by atoms with Crippen molar-refractivity contribution >= 4 is 5.91 Å². The number of amides is 1. The highest BCUT2D eigenvalue weighted by atomic mass is 16.5. The van der Waals surface area contributed by atoms with Gasteiger partial charge in [-0.2, -0.15) is 0 Å². The molecule has 0 saturated carbocycles. The molecule has 2 rings (SSSR count). The van der Waals surface area contributed by atoms with Gasteiger partial charge in [-0.25, -0.2) is 0 Å². The van der Waals surface area contributed by atoms with E-state index in [-0.39, 0.29) is 12.0 Å². The number of rotatable bonds is 7. The van der Waals surface area contributed by atoms with E-state index in [4.69, 9.17) is 4.74 Å². The van der Waals surface area contributed by atoms with Crippen LogP contribution < -0.4 is 0 Å². The third-order valence-corrected chi connectivity index (χ3v) is 5.66. The summed E-state index contributed by atoms with van der Waals surface area (Å²) >= 11 is 0. The number of aliphatic hydroxyl groups is 1. The van der Waals surface area contributed by atoms with Gasteiger partial charge in [0.05, 0.1) is 6.61 Å². The predicted molar refractivity (Wildman–Crippen MR) is 91.3 cm³/mol. The van der Waals surface area contributed by atoms with E-state index >= 15 is 0 Å². The molecular formula is C18H34N2O3. The zero-order valence-electron chi connectivity index (χ0n) is 14.9. The maximum Gasteiger partial charge on any atom is 0.222 e. The van der Waals surface area contributed by atoms with Crippen LogP contribution in [-0.4, -0.2) is 73.4 Å². The minimum absolute atomic E-state index is 0.00340. The van der Waals surface area contributed by atoms with E-state index in [1.54, 1.807) is 7.11 Å². The van der Waals surface area contributed by atoms with E-state index in [2.05, 4.69) is 11.8 Å². The van der Waals surface area contributed by atoms with Gasteiger partial charge in [-0.3, -0.25) is 9.69 Å². The Bertz CT molecular complexity index is 369. The summed E-state index contributed by atoms with van der Waals surface area (Å²) in [6, 6.07) is 0.564. The number of aliphatic hydroxyl groups excluding tert-OH is 1. The third kappa shape index (κ3) is 4.91. The van der Waals surface area contributed by atoms with Crippen molar-refractivity contribution in [3.8, 4) is 0 Å². The highest BCUT2D eigenvalue weighted by molar-refractivity contribution is 5.76. The van der Waals surface area contributed by atoms with Crippen molar-refractivity contribution in [3.63, 3.8) is 0 Å². The lowest BCUT2D eigenvalue weighted by Crippen LogP contribution is -2.53. The Morgan fingerprint density at radius 3 is 2.65 bits per heavy atom. The summed E-state index contributed by atoms with van der Waals surface area (Å²) in [5, 5.41) is 9.92. The molecule has 2 aliphatic heterocycles. The average Bonchev–Trinajstić information content (AvgIpc) is 2.60. The van der Waals surface area contributed by atoms with Crippen molar-refractivity contribution in [1.29, 1.82) is 0 Å². The normalized spacial score (nSPS) is 27.3. The highest BCUT2D eigenvalue weighted by Crippen LogP contribution is 2.35. The van der Waals surface area contributed by atoms with Gasteiger partial charge in [0.25, 0.3) is 0 Å². The van der Waals surface area contributed by atoms with Gasteiger partial charge in [-0.15, -0.1) is 0 Å². The molecule has 1 atom stereocenters. The molecule has 0 radical (unpaired) electrons. The molecule has 23 heavy (non-hydrogen) atoms. The van der Waals surface area contributed by atoms with Crippen LogP contribution in [0.25, 0.3) is 0 Å². The molecule has 1 N–H and O–H groups in total. The number of methoxy groups -OCH3 is 1. The van der Waals surface area contributed by atoms with E-state index in [0.717, 1.165) is 71.3 Å². The van der Waals surface area contributed by atoms with Crippen LogP contribution in [0.5, 0.6) is 0 Å². The molecule has 2 saturated heterocycles. The first-order valence-corrected chi connectivity index (χ1v) is 9.26. The quantitative estimate of drug-likeness (QED) is 0.776. The van der Waals surface area contributed by atoms with Crippen molar-refractivity contribution in [2.75, 3.05) is 46.5 Å². The Kier molecular flexibility index (Phi) is 7.31. The zero-order valence-corrected chi connectivity index (χ0v) is 14.9. The number of carbonyl (C=O) groups is 1. The lowest BCUT2D eigenvalue weighted by molar-refractivity contribution is -0.133. The Balaban J connectivity index is 1.86. The molecule has 0 aromatic rings. The molecule has 0 unspecified atom stereocenters. The van der Waals surface area contributed by atoms with E-state index in [1.165, 1.54) is 0 Å². The first kappa shape index (κ1) is 18.7. The van der Waals surface area contributed by atoms with Gasteiger partial charge in [0.2, 0.25) is 5.91 Å². The number of hydrogen-bond donors (Lipinski definition) is 1. The Labute approximate surface area is 141 Å². The standard InChI is InChI=1S/C18H34N2O3/c1-3-5-17(22)19-11-6-16(7-12-19)20-10-4-8-18(14-20,15-21)9-13-23-2/h16,21H,3-15H2,1-2H3/t18-/m0/s1. The lowest BCUT2D eigenvalue weighted by Gasteiger charge is -2.47. The van der Waals surface area contributed by atoms with Gasteiger partial charge < -0.3 is 14.7 Å². The molecule has 0 aromatic carbocycles. The van der Waals surface area contributed by atoms with E-state index in [1.807, 2.05) is 4.90 Å². The largest absolute Gasteiger partial charge is 0.396 e. The van der Waals surface area contributed by atoms with Crippen LogP contribution in [-0.2, 0) is 9.53 Å². The molecule has 1 amide bonds. The fraction of sp³-hybridized carbons (Fsp3) is 0.944. The van der Waals surface area contributed by atoms with E-state index < -0.39 is 0 Å². The monoisotopic (exact) mass is 326 g/mol. The number of carbonyl (C=O) groups excluding carboxylic acids is 1. The summed E-state index contributed by atoms with van der Waals surface area (Å²) in [6.45, 7) is 6.92. The van der Waals surface area contributed by atoms with Crippen LogP contribution >= 0.6 is 0 Å². The number of ether oxygens (including phenoxy) is 1. The molecular weight excluding hydrogens is 292 g/mol. The van der Waals surface area contributed by atoms with Crippen LogP contribution in [0.4, 0.5) is 0 Å². The van der Waals surface area contributed by atoms with Crippen molar-refractivity contribution in [2.24, 2.45) is 5.41 Å². The number of piperidine rings is 2. The minimum atomic E-state index is 0.00340. The summed E-state index contributed by atoms with van der Waals surface area (Å²) in [5.41, 5.74) is 0.00340. The van der Waals surface area contributed by atoms with Crippen LogP contribution in [0, 0.1) is 5.41 Å². The molecule has 5 nitrogen and oxygen atoms in total. The van der Waals surface area contributed by atoms with Crippen molar-refractivity contribution in [3.05, 3.63) is 0 Å². The summed E-state index contributed by atoms with van der Waals surface area (Å²) in [6.07, 6.45) is 6.94. The summed E-state index contributed by atoms with van der Waals surface area (Å²) < 4.78 is 5.24. The molecule has 0 aliphatic carbocycles. The highest BCUT2D eigenvalue weighted by Gasteiger charge is 2.38. The Morgan fingerprint density at radius 1 is 1.30 bits per heavy atom. The third-order valence-electron chi connectivity index (χ3n) is 5.66. The van der Waals surface area contributed by atoms with Crippen molar-refractivity contribution in [1.82, 2.24) is 9.80 Å². The predicted octanol–water partition coefficient (Wildman–Crippen LogP) is 1.89. The number of hydrogen-bond acceptors (Lipinski definition) is 4. The topological polar surface area (TPSA) is 53.0 Å². The van der Waals surface area contributed by atoms with Crippen molar-refractivity contribution < 1.29 is 14.6 Å². The van der Waals surface area contributed by atoms with Crippen LogP contribution in [0.1, 0.15) is 51.9 Å². The maximum atomic E-state index is 12.0. The van der Waals surface area contributed by atoms with Crippen LogP contribution in [0.15, 0.2) is 0 Å². The summed E-state index contributed by atoms with van der Waals surface area (Å²) in [5.74, 6) is 0.314. The van der Waals surface area contributed by atoms with Crippen LogP contribution in [0.3, 0.4) is 0 Å². The van der Waals surface area contributed by atoms with Gasteiger partial charge in [0.1, 0.15) is 0 Å². The van der Waals surface area contributed by atoms with Gasteiger partial charge >= 0.3 is 0 Å².